The molecule has 1 fully saturated rings. The summed E-state index contributed by atoms with van der Waals surface area (Å²) in [5, 5.41) is 2.09. The van der Waals surface area contributed by atoms with Gasteiger partial charge in [-0.1, -0.05) is 45.7 Å². The van der Waals surface area contributed by atoms with Crippen molar-refractivity contribution in [3.05, 3.63) is 71.0 Å². The molecular weight excluding hydrogens is 507 g/mol. The SMILES string of the molecule is CC(Br)c1ccc(N2CCC(NS(=O)(=O)c3ccc4cc(Cl)ccc4c3)C2=O)c(F)c1. The van der Waals surface area contributed by atoms with Crippen molar-refractivity contribution in [2.24, 2.45) is 0 Å². The van der Waals surface area contributed by atoms with Gasteiger partial charge in [-0.15, -0.1) is 0 Å². The lowest BCUT2D eigenvalue weighted by molar-refractivity contribution is -0.118. The monoisotopic (exact) mass is 524 g/mol. The van der Waals surface area contributed by atoms with Crippen LogP contribution in [0.2, 0.25) is 5.02 Å². The van der Waals surface area contributed by atoms with Crippen LogP contribution in [-0.4, -0.2) is 26.9 Å². The molecule has 3 aromatic rings. The van der Waals surface area contributed by atoms with E-state index in [1.165, 1.54) is 23.1 Å². The molecular formula is C22H19BrClFN2O3S. The van der Waals surface area contributed by atoms with Crippen molar-refractivity contribution in [1.29, 1.82) is 0 Å². The first-order chi connectivity index (χ1) is 14.7. The first-order valence-electron chi connectivity index (χ1n) is 9.62. The van der Waals surface area contributed by atoms with E-state index in [-0.39, 0.29) is 28.4 Å². The fourth-order valence-corrected chi connectivity index (χ4v) is 5.36. The zero-order valence-corrected chi connectivity index (χ0v) is 19.6. The summed E-state index contributed by atoms with van der Waals surface area (Å²) in [6.45, 7) is 2.10. The van der Waals surface area contributed by atoms with E-state index < -0.39 is 27.8 Å². The Labute approximate surface area is 193 Å². The average molecular weight is 526 g/mol. The van der Waals surface area contributed by atoms with Crippen molar-refractivity contribution in [2.75, 3.05) is 11.4 Å². The molecule has 1 heterocycles. The molecule has 5 nitrogen and oxygen atoms in total. The van der Waals surface area contributed by atoms with E-state index in [4.69, 9.17) is 11.6 Å². The first-order valence-corrected chi connectivity index (χ1v) is 12.4. The Morgan fingerprint density at radius 2 is 1.84 bits per heavy atom. The molecule has 2 unspecified atom stereocenters. The van der Waals surface area contributed by atoms with Crippen LogP contribution in [0.1, 0.15) is 23.7 Å². The van der Waals surface area contributed by atoms with Gasteiger partial charge in [0.2, 0.25) is 15.9 Å². The lowest BCUT2D eigenvalue weighted by atomic mass is 10.1. The van der Waals surface area contributed by atoms with Gasteiger partial charge in [-0.25, -0.2) is 12.8 Å². The average Bonchev–Trinajstić information content (AvgIpc) is 3.06. The highest BCUT2D eigenvalue weighted by Gasteiger charge is 2.36. The number of nitrogens with zero attached hydrogens (tertiary/aromatic N) is 1. The van der Waals surface area contributed by atoms with Crippen LogP contribution in [0, 0.1) is 5.82 Å². The van der Waals surface area contributed by atoms with Crippen LogP contribution >= 0.6 is 27.5 Å². The van der Waals surface area contributed by atoms with Crippen LogP contribution < -0.4 is 9.62 Å². The summed E-state index contributed by atoms with van der Waals surface area (Å²) >= 11 is 9.36. The van der Waals surface area contributed by atoms with Gasteiger partial charge in [-0.3, -0.25) is 4.79 Å². The fourth-order valence-electron chi connectivity index (χ4n) is 3.64. The highest BCUT2D eigenvalue weighted by atomic mass is 79.9. The number of nitrogens with one attached hydrogen (secondary N) is 1. The molecule has 1 amide bonds. The summed E-state index contributed by atoms with van der Waals surface area (Å²) < 4.78 is 42.8. The molecule has 1 saturated heterocycles. The molecule has 2 atom stereocenters. The molecule has 31 heavy (non-hydrogen) atoms. The van der Waals surface area contributed by atoms with Crippen LogP contribution in [0.15, 0.2) is 59.5 Å². The molecule has 1 N–H and O–H groups in total. The minimum Gasteiger partial charge on any atom is -0.308 e. The number of amides is 1. The number of halogens is 3. The topological polar surface area (TPSA) is 66.5 Å². The number of alkyl halides is 1. The van der Waals surface area contributed by atoms with Crippen molar-refractivity contribution < 1.29 is 17.6 Å². The second-order valence-corrected chi connectivity index (χ2v) is 11.0. The van der Waals surface area contributed by atoms with Crippen LogP contribution in [0.4, 0.5) is 10.1 Å². The second-order valence-electron chi connectivity index (χ2n) is 7.43. The summed E-state index contributed by atoms with van der Waals surface area (Å²) in [4.78, 5) is 14.2. The number of hydrogen-bond donors (Lipinski definition) is 1. The number of rotatable bonds is 5. The zero-order chi connectivity index (χ0) is 22.3. The van der Waals surface area contributed by atoms with Gasteiger partial charge in [-0.05, 0) is 66.1 Å². The maximum atomic E-state index is 14.6. The van der Waals surface area contributed by atoms with Gasteiger partial charge in [0.15, 0.2) is 0 Å². The molecule has 1 aliphatic rings. The highest BCUT2D eigenvalue weighted by molar-refractivity contribution is 9.09. The third-order valence-electron chi connectivity index (χ3n) is 5.31. The second kappa shape index (κ2) is 8.50. The minimum absolute atomic E-state index is 0.0251. The molecule has 0 bridgehead atoms. The summed E-state index contributed by atoms with van der Waals surface area (Å²) in [6, 6.07) is 13.5. The van der Waals surface area contributed by atoms with Crippen LogP contribution in [0.5, 0.6) is 0 Å². The molecule has 0 spiro atoms. The van der Waals surface area contributed by atoms with Crippen molar-refractivity contribution in [2.45, 2.75) is 29.1 Å². The predicted molar refractivity (Wildman–Crippen MR) is 124 cm³/mol. The van der Waals surface area contributed by atoms with Gasteiger partial charge in [0.1, 0.15) is 11.9 Å². The maximum Gasteiger partial charge on any atom is 0.245 e. The van der Waals surface area contributed by atoms with E-state index in [0.717, 1.165) is 16.3 Å². The summed E-state index contributed by atoms with van der Waals surface area (Å²) in [5.74, 6) is -0.997. The fraction of sp³-hybridized carbons (Fsp3) is 0.227. The smallest absolute Gasteiger partial charge is 0.245 e. The normalized spacial score (nSPS) is 18.0. The Hall–Kier alpha value is -2.00. The quantitative estimate of drug-likeness (QED) is 0.467. The van der Waals surface area contributed by atoms with Crippen molar-refractivity contribution in [1.82, 2.24) is 4.72 Å². The summed E-state index contributed by atoms with van der Waals surface area (Å²) in [7, 11) is -3.94. The number of fused-ring (bicyclic) bond motifs is 1. The molecule has 0 saturated carbocycles. The number of benzene rings is 3. The van der Waals surface area contributed by atoms with Gasteiger partial charge in [-0.2, -0.15) is 4.72 Å². The molecule has 3 aromatic carbocycles. The molecule has 0 aliphatic carbocycles. The van der Waals surface area contributed by atoms with Gasteiger partial charge in [0, 0.05) is 16.4 Å². The lowest BCUT2D eigenvalue weighted by Gasteiger charge is -2.19. The van der Waals surface area contributed by atoms with Gasteiger partial charge < -0.3 is 4.90 Å². The van der Waals surface area contributed by atoms with Crippen LogP contribution in [-0.2, 0) is 14.8 Å². The number of carbonyl (C=O) groups excluding carboxylic acids is 1. The summed E-state index contributed by atoms with van der Waals surface area (Å²) in [5.41, 5.74) is 0.897. The predicted octanol–water partition coefficient (Wildman–Crippen LogP) is 5.17. The Morgan fingerprint density at radius 1 is 1.13 bits per heavy atom. The van der Waals surface area contributed by atoms with Crippen molar-refractivity contribution in [3.63, 3.8) is 0 Å². The third-order valence-corrected chi connectivity index (χ3v) is 7.54. The van der Waals surface area contributed by atoms with Gasteiger partial charge >= 0.3 is 0 Å². The Balaban J connectivity index is 1.55. The molecule has 162 valence electrons. The van der Waals surface area contributed by atoms with Crippen molar-refractivity contribution in [3.8, 4) is 0 Å². The van der Waals surface area contributed by atoms with E-state index >= 15 is 0 Å². The minimum atomic E-state index is -3.94. The Bertz CT molecular complexity index is 1280. The van der Waals surface area contributed by atoms with Crippen LogP contribution in [0.25, 0.3) is 10.8 Å². The maximum absolute atomic E-state index is 14.6. The van der Waals surface area contributed by atoms with E-state index in [2.05, 4.69) is 20.7 Å². The van der Waals surface area contributed by atoms with E-state index in [0.29, 0.717) is 5.02 Å². The number of anilines is 1. The summed E-state index contributed by atoms with van der Waals surface area (Å²) in [6.07, 6.45) is 0.247. The van der Waals surface area contributed by atoms with Gasteiger partial charge in [0.05, 0.1) is 10.6 Å². The number of carbonyl (C=O) groups is 1. The number of sulfonamides is 1. The Kier molecular flexibility index (Phi) is 6.09. The van der Waals surface area contributed by atoms with E-state index in [9.17, 15) is 17.6 Å². The molecule has 1 aliphatic heterocycles. The van der Waals surface area contributed by atoms with Gasteiger partial charge in [0.25, 0.3) is 0 Å². The molecule has 9 heteroatoms. The van der Waals surface area contributed by atoms with Crippen LogP contribution in [0.3, 0.4) is 0 Å². The largest absolute Gasteiger partial charge is 0.308 e. The highest BCUT2D eigenvalue weighted by Crippen LogP contribution is 2.30. The lowest BCUT2D eigenvalue weighted by Crippen LogP contribution is -2.41. The zero-order valence-electron chi connectivity index (χ0n) is 16.5. The third kappa shape index (κ3) is 4.48. The van der Waals surface area contributed by atoms with E-state index in [1.54, 1.807) is 36.4 Å². The number of hydrogen-bond acceptors (Lipinski definition) is 3. The Morgan fingerprint density at radius 3 is 2.55 bits per heavy atom. The van der Waals surface area contributed by atoms with E-state index in [1.807, 2.05) is 6.92 Å². The standard InChI is InChI=1S/C22H19BrClFN2O3S/c1-13(23)14-4-7-21(19(25)12-14)27-9-8-20(22(27)28)26-31(29,30)18-6-3-15-10-17(24)5-2-16(15)11-18/h2-7,10-13,20,26H,8-9H2,1H3. The van der Waals surface area contributed by atoms with Crippen molar-refractivity contribution >= 4 is 59.9 Å². The molecule has 0 radical (unpaired) electrons. The molecule has 0 aromatic heterocycles. The molecule has 4 rings (SSSR count). The first kappa shape index (κ1) is 22.2.